The minimum atomic E-state index is -2.89. The summed E-state index contributed by atoms with van der Waals surface area (Å²) in [4.78, 5) is 8.24. The Morgan fingerprint density at radius 1 is 1.35 bits per heavy atom. The number of nitrogens with one attached hydrogen (secondary N) is 1. The molecule has 0 unspecified atom stereocenters. The number of anilines is 1. The molecule has 1 N–H and O–H groups in total. The third kappa shape index (κ3) is 4.03. The van der Waals surface area contributed by atoms with E-state index in [1.54, 1.807) is 25.3 Å². The van der Waals surface area contributed by atoms with E-state index in [2.05, 4.69) is 20.0 Å². The van der Waals surface area contributed by atoms with Gasteiger partial charge in [0.25, 0.3) is 0 Å². The quantitative estimate of drug-likeness (QED) is 0.915. The fourth-order valence-electron chi connectivity index (χ4n) is 1.60. The second-order valence-corrected chi connectivity index (χ2v) is 4.38. The Labute approximate surface area is 119 Å². The van der Waals surface area contributed by atoms with Crippen molar-refractivity contribution in [2.24, 2.45) is 0 Å². The average molecular weight is 300 g/mol. The predicted octanol–water partition coefficient (Wildman–Crippen LogP) is 3.65. The van der Waals surface area contributed by atoms with Crippen molar-refractivity contribution in [3.8, 4) is 5.75 Å². The van der Waals surface area contributed by atoms with Crippen LogP contribution in [0.2, 0.25) is 5.02 Å². The molecular weight excluding hydrogens is 288 g/mol. The highest BCUT2D eigenvalue weighted by Gasteiger charge is 2.09. The van der Waals surface area contributed by atoms with Crippen LogP contribution in [0.4, 0.5) is 14.5 Å². The van der Waals surface area contributed by atoms with Crippen molar-refractivity contribution in [1.82, 2.24) is 9.97 Å². The molecule has 0 aliphatic carbocycles. The van der Waals surface area contributed by atoms with Gasteiger partial charge in [-0.25, -0.2) is 9.97 Å². The first-order valence-corrected chi connectivity index (χ1v) is 6.19. The Kier molecular flexibility index (Phi) is 4.68. The van der Waals surface area contributed by atoms with Gasteiger partial charge in [0.2, 0.25) is 0 Å². The van der Waals surface area contributed by atoms with Crippen LogP contribution in [0.15, 0.2) is 30.5 Å². The highest BCUT2D eigenvalue weighted by atomic mass is 35.5. The molecule has 0 aliphatic heterocycles. The number of nitrogens with zero attached hydrogens (tertiary/aromatic N) is 2. The Hall–Kier alpha value is -1.95. The number of hydrogen-bond donors (Lipinski definition) is 1. The number of hydrogen-bond acceptors (Lipinski definition) is 4. The van der Waals surface area contributed by atoms with E-state index in [-0.39, 0.29) is 10.8 Å². The van der Waals surface area contributed by atoms with Gasteiger partial charge in [-0.15, -0.1) is 0 Å². The topological polar surface area (TPSA) is 47.0 Å². The van der Waals surface area contributed by atoms with Crippen molar-refractivity contribution in [1.29, 1.82) is 0 Å². The second kappa shape index (κ2) is 6.47. The predicted molar refractivity (Wildman–Crippen MR) is 72.2 cm³/mol. The van der Waals surface area contributed by atoms with Gasteiger partial charge < -0.3 is 10.1 Å². The molecule has 2 rings (SSSR count). The number of halogens is 3. The maximum Gasteiger partial charge on any atom is 0.387 e. The SMILES string of the molecule is Cc1nccc(CNc2ccc(OC(F)F)c(Cl)c2)n1. The maximum atomic E-state index is 12.1. The summed E-state index contributed by atoms with van der Waals surface area (Å²) in [6, 6.07) is 6.31. The van der Waals surface area contributed by atoms with Gasteiger partial charge >= 0.3 is 6.61 Å². The summed E-state index contributed by atoms with van der Waals surface area (Å²) in [5.41, 5.74) is 1.51. The van der Waals surface area contributed by atoms with E-state index >= 15 is 0 Å². The number of aryl methyl sites for hydroxylation is 1. The first-order valence-electron chi connectivity index (χ1n) is 5.81. The summed E-state index contributed by atoms with van der Waals surface area (Å²) in [7, 11) is 0. The first-order chi connectivity index (χ1) is 9.54. The van der Waals surface area contributed by atoms with Crippen LogP contribution in [0.1, 0.15) is 11.5 Å². The molecule has 1 heterocycles. The highest BCUT2D eigenvalue weighted by Crippen LogP contribution is 2.29. The lowest BCUT2D eigenvalue weighted by Crippen LogP contribution is -2.04. The normalized spacial score (nSPS) is 10.7. The zero-order valence-corrected chi connectivity index (χ0v) is 11.4. The average Bonchev–Trinajstić information content (AvgIpc) is 2.39. The molecule has 0 bridgehead atoms. The zero-order valence-electron chi connectivity index (χ0n) is 10.6. The van der Waals surface area contributed by atoms with E-state index in [1.807, 2.05) is 0 Å². The van der Waals surface area contributed by atoms with Crippen LogP contribution in [0.25, 0.3) is 0 Å². The largest absolute Gasteiger partial charge is 0.433 e. The molecule has 20 heavy (non-hydrogen) atoms. The lowest BCUT2D eigenvalue weighted by atomic mass is 10.3. The van der Waals surface area contributed by atoms with Gasteiger partial charge in [-0.2, -0.15) is 8.78 Å². The molecule has 1 aromatic heterocycles. The van der Waals surface area contributed by atoms with Crippen molar-refractivity contribution in [3.05, 3.63) is 47.0 Å². The van der Waals surface area contributed by atoms with Crippen LogP contribution in [0, 0.1) is 6.92 Å². The van der Waals surface area contributed by atoms with Gasteiger partial charge in [0, 0.05) is 11.9 Å². The van der Waals surface area contributed by atoms with Crippen LogP contribution in [0.3, 0.4) is 0 Å². The number of aromatic nitrogens is 2. The Morgan fingerprint density at radius 3 is 2.80 bits per heavy atom. The molecule has 0 fully saturated rings. The Balaban J connectivity index is 2.02. The minimum absolute atomic E-state index is 0.0508. The number of ether oxygens (including phenoxy) is 1. The number of rotatable bonds is 5. The molecule has 7 heteroatoms. The van der Waals surface area contributed by atoms with Crippen molar-refractivity contribution < 1.29 is 13.5 Å². The summed E-state index contributed by atoms with van der Waals surface area (Å²) in [5.74, 6) is 0.633. The molecule has 0 amide bonds. The number of benzene rings is 1. The van der Waals surface area contributed by atoms with Gasteiger partial charge in [-0.3, -0.25) is 0 Å². The molecule has 0 aliphatic rings. The number of alkyl halides is 2. The van der Waals surface area contributed by atoms with E-state index in [0.29, 0.717) is 18.1 Å². The standard InChI is InChI=1S/C13H12ClF2N3O/c1-8-17-5-4-10(19-8)7-18-9-2-3-12(11(14)6-9)20-13(15)16/h2-6,13,18H,7H2,1H3. The monoisotopic (exact) mass is 299 g/mol. The van der Waals surface area contributed by atoms with Crippen LogP contribution in [0.5, 0.6) is 5.75 Å². The van der Waals surface area contributed by atoms with E-state index in [9.17, 15) is 8.78 Å². The van der Waals surface area contributed by atoms with Gasteiger partial charge in [-0.1, -0.05) is 11.6 Å². The smallest absolute Gasteiger partial charge is 0.387 e. The molecule has 1 aromatic carbocycles. The molecule has 0 saturated heterocycles. The van der Waals surface area contributed by atoms with Gasteiger partial charge in [0.15, 0.2) is 0 Å². The zero-order chi connectivity index (χ0) is 14.5. The van der Waals surface area contributed by atoms with Crippen LogP contribution in [-0.2, 0) is 6.54 Å². The summed E-state index contributed by atoms with van der Waals surface area (Å²) in [6.07, 6.45) is 1.67. The summed E-state index contributed by atoms with van der Waals surface area (Å²) in [6.45, 7) is -0.610. The second-order valence-electron chi connectivity index (χ2n) is 3.97. The van der Waals surface area contributed by atoms with Gasteiger partial charge in [0.05, 0.1) is 17.3 Å². The first kappa shape index (κ1) is 14.5. The molecular formula is C13H12ClF2N3O. The molecule has 0 atom stereocenters. The van der Waals surface area contributed by atoms with E-state index in [4.69, 9.17) is 11.6 Å². The maximum absolute atomic E-state index is 12.1. The molecule has 106 valence electrons. The van der Waals surface area contributed by atoms with Gasteiger partial charge in [0.1, 0.15) is 11.6 Å². The van der Waals surface area contributed by atoms with Crippen LogP contribution in [-0.4, -0.2) is 16.6 Å². The Bertz CT molecular complexity index is 596. The van der Waals surface area contributed by atoms with E-state index in [1.165, 1.54) is 12.1 Å². The van der Waals surface area contributed by atoms with Crippen molar-refractivity contribution in [3.63, 3.8) is 0 Å². The third-order valence-electron chi connectivity index (χ3n) is 2.46. The Morgan fingerprint density at radius 2 is 2.15 bits per heavy atom. The van der Waals surface area contributed by atoms with Gasteiger partial charge in [-0.05, 0) is 31.2 Å². The molecule has 4 nitrogen and oxygen atoms in total. The fourth-order valence-corrected chi connectivity index (χ4v) is 1.82. The molecule has 0 saturated carbocycles. The minimum Gasteiger partial charge on any atom is -0.433 e. The fraction of sp³-hybridized carbons (Fsp3) is 0.231. The van der Waals surface area contributed by atoms with E-state index in [0.717, 1.165) is 5.69 Å². The molecule has 0 radical (unpaired) electrons. The lowest BCUT2D eigenvalue weighted by molar-refractivity contribution is -0.0497. The summed E-state index contributed by atoms with van der Waals surface area (Å²) < 4.78 is 28.5. The summed E-state index contributed by atoms with van der Waals surface area (Å²) in [5, 5.41) is 3.21. The van der Waals surface area contributed by atoms with Crippen molar-refractivity contribution >= 4 is 17.3 Å². The van der Waals surface area contributed by atoms with E-state index < -0.39 is 6.61 Å². The molecule has 0 spiro atoms. The summed E-state index contributed by atoms with van der Waals surface area (Å²) >= 11 is 5.86. The molecule has 2 aromatic rings. The lowest BCUT2D eigenvalue weighted by Gasteiger charge is -2.10. The van der Waals surface area contributed by atoms with Crippen molar-refractivity contribution in [2.75, 3.05) is 5.32 Å². The highest BCUT2D eigenvalue weighted by molar-refractivity contribution is 6.32. The van der Waals surface area contributed by atoms with Crippen LogP contribution < -0.4 is 10.1 Å². The van der Waals surface area contributed by atoms with Crippen LogP contribution >= 0.6 is 11.6 Å². The van der Waals surface area contributed by atoms with Crippen molar-refractivity contribution in [2.45, 2.75) is 20.1 Å². The third-order valence-corrected chi connectivity index (χ3v) is 2.75.